The molecule has 0 atom stereocenters. The predicted octanol–water partition coefficient (Wildman–Crippen LogP) is 2.41. The van der Waals surface area contributed by atoms with Crippen molar-refractivity contribution in [3.05, 3.63) is 35.8 Å². The van der Waals surface area contributed by atoms with Gasteiger partial charge in [-0.15, -0.1) is 0 Å². The molecule has 0 radical (unpaired) electrons. The highest BCUT2D eigenvalue weighted by atomic mass is 16.5. The Labute approximate surface area is 173 Å². The number of anilines is 2. The van der Waals surface area contributed by atoms with E-state index in [-0.39, 0.29) is 0 Å². The highest BCUT2D eigenvalue weighted by molar-refractivity contribution is 6.09. The number of nitrogens with two attached hydrogens (primary N) is 1. The molecule has 1 aliphatic rings. The highest BCUT2D eigenvalue weighted by Gasteiger charge is 2.23. The van der Waals surface area contributed by atoms with Crippen molar-refractivity contribution in [2.24, 2.45) is 0 Å². The molecule has 3 aromatic heterocycles. The summed E-state index contributed by atoms with van der Waals surface area (Å²) < 4.78 is 13.0. The van der Waals surface area contributed by atoms with Crippen molar-refractivity contribution in [1.29, 1.82) is 0 Å². The SMILES string of the molecule is COc1ccc(C)c(-n2c3ncc(N4CCOCC4)nc3c3c(N)ncnc32)c1C. The normalized spacial score (nSPS) is 14.6. The fourth-order valence-electron chi connectivity index (χ4n) is 4.13. The average molecular weight is 405 g/mol. The molecule has 0 aliphatic carbocycles. The van der Waals surface area contributed by atoms with E-state index in [4.69, 9.17) is 25.2 Å². The Kier molecular flexibility index (Phi) is 4.39. The van der Waals surface area contributed by atoms with Crippen LogP contribution in [0.2, 0.25) is 0 Å². The number of aryl methyl sites for hydroxylation is 1. The van der Waals surface area contributed by atoms with Gasteiger partial charge in [0.2, 0.25) is 0 Å². The standard InChI is InChI=1S/C21H23N7O2/c1-12-4-5-14(29-3)13(2)18(12)28-20-16(19(22)24-11-25-20)17-21(28)23-10-15(26-17)27-6-8-30-9-7-27/h4-5,10-11H,6-9H2,1-3H3,(H2,22,24,25). The van der Waals surface area contributed by atoms with E-state index < -0.39 is 0 Å². The van der Waals surface area contributed by atoms with E-state index >= 15 is 0 Å². The number of methoxy groups -OCH3 is 1. The van der Waals surface area contributed by atoms with Crippen LogP contribution in [0.1, 0.15) is 11.1 Å². The number of nitrogens with zero attached hydrogens (tertiary/aromatic N) is 6. The Bertz CT molecular complexity index is 1260. The molecule has 1 fully saturated rings. The zero-order valence-corrected chi connectivity index (χ0v) is 17.2. The maximum absolute atomic E-state index is 6.28. The van der Waals surface area contributed by atoms with Crippen molar-refractivity contribution in [2.45, 2.75) is 13.8 Å². The fourth-order valence-corrected chi connectivity index (χ4v) is 4.13. The van der Waals surface area contributed by atoms with Gasteiger partial charge in [-0.3, -0.25) is 4.57 Å². The van der Waals surface area contributed by atoms with Gasteiger partial charge in [0.05, 0.1) is 37.6 Å². The van der Waals surface area contributed by atoms with Gasteiger partial charge in [-0.25, -0.2) is 19.9 Å². The van der Waals surface area contributed by atoms with Crippen molar-refractivity contribution in [3.63, 3.8) is 0 Å². The van der Waals surface area contributed by atoms with Crippen LogP contribution in [0.25, 0.3) is 27.9 Å². The molecule has 5 rings (SSSR count). The van der Waals surface area contributed by atoms with Gasteiger partial charge >= 0.3 is 0 Å². The molecule has 2 N–H and O–H groups in total. The second-order valence-electron chi connectivity index (χ2n) is 7.35. The molecular formula is C21H23N7O2. The Morgan fingerprint density at radius 3 is 2.63 bits per heavy atom. The first-order valence-corrected chi connectivity index (χ1v) is 9.85. The molecule has 154 valence electrons. The molecule has 30 heavy (non-hydrogen) atoms. The van der Waals surface area contributed by atoms with Crippen LogP contribution < -0.4 is 15.4 Å². The van der Waals surface area contributed by atoms with Gasteiger partial charge in [-0.1, -0.05) is 6.07 Å². The Morgan fingerprint density at radius 2 is 1.87 bits per heavy atom. The van der Waals surface area contributed by atoms with Gasteiger partial charge in [0.1, 0.15) is 29.2 Å². The summed E-state index contributed by atoms with van der Waals surface area (Å²) in [5.74, 6) is 1.98. The van der Waals surface area contributed by atoms with Gasteiger partial charge < -0.3 is 20.1 Å². The van der Waals surface area contributed by atoms with Gasteiger partial charge in [-0.2, -0.15) is 0 Å². The number of aromatic nitrogens is 5. The van der Waals surface area contributed by atoms with Crippen LogP contribution >= 0.6 is 0 Å². The van der Waals surface area contributed by atoms with E-state index in [2.05, 4.69) is 21.8 Å². The third-order valence-electron chi connectivity index (χ3n) is 5.62. The van der Waals surface area contributed by atoms with Crippen LogP contribution in [0.15, 0.2) is 24.7 Å². The van der Waals surface area contributed by atoms with E-state index in [1.54, 1.807) is 13.3 Å². The van der Waals surface area contributed by atoms with Crippen LogP contribution in [-0.2, 0) is 4.74 Å². The molecule has 1 saturated heterocycles. The number of ether oxygens (including phenoxy) is 2. The van der Waals surface area contributed by atoms with Crippen molar-refractivity contribution in [1.82, 2.24) is 24.5 Å². The van der Waals surface area contributed by atoms with Crippen LogP contribution in [0.5, 0.6) is 5.75 Å². The van der Waals surface area contributed by atoms with Crippen LogP contribution in [0.4, 0.5) is 11.6 Å². The molecule has 0 unspecified atom stereocenters. The number of morpholine rings is 1. The summed E-state index contributed by atoms with van der Waals surface area (Å²) in [7, 11) is 1.67. The first kappa shape index (κ1) is 18.6. The van der Waals surface area contributed by atoms with Gasteiger partial charge in [0.15, 0.2) is 11.3 Å². The van der Waals surface area contributed by atoms with Crippen LogP contribution in [0, 0.1) is 13.8 Å². The highest BCUT2D eigenvalue weighted by Crippen LogP contribution is 2.36. The summed E-state index contributed by atoms with van der Waals surface area (Å²) in [6, 6.07) is 3.99. The lowest BCUT2D eigenvalue weighted by Gasteiger charge is -2.27. The zero-order chi connectivity index (χ0) is 20.8. The van der Waals surface area contributed by atoms with E-state index in [1.165, 1.54) is 6.33 Å². The lowest BCUT2D eigenvalue weighted by Crippen LogP contribution is -2.36. The first-order chi connectivity index (χ1) is 14.6. The lowest BCUT2D eigenvalue weighted by molar-refractivity contribution is 0.122. The molecule has 4 aromatic rings. The Balaban J connectivity index is 1.84. The van der Waals surface area contributed by atoms with Crippen LogP contribution in [-0.4, -0.2) is 57.9 Å². The number of nitrogen functional groups attached to an aromatic ring is 1. The maximum Gasteiger partial charge on any atom is 0.166 e. The second-order valence-corrected chi connectivity index (χ2v) is 7.35. The number of hydrogen-bond donors (Lipinski definition) is 1. The molecule has 4 heterocycles. The summed E-state index contributed by atoms with van der Waals surface area (Å²) in [5.41, 5.74) is 11.4. The largest absolute Gasteiger partial charge is 0.496 e. The molecule has 0 bridgehead atoms. The molecular weight excluding hydrogens is 382 g/mol. The lowest BCUT2D eigenvalue weighted by atomic mass is 10.1. The van der Waals surface area contributed by atoms with Gasteiger partial charge in [0.25, 0.3) is 0 Å². The Morgan fingerprint density at radius 1 is 1.07 bits per heavy atom. The summed E-state index contributed by atoms with van der Waals surface area (Å²) in [6.07, 6.45) is 3.28. The summed E-state index contributed by atoms with van der Waals surface area (Å²) in [6.45, 7) is 6.99. The molecule has 0 saturated carbocycles. The van der Waals surface area contributed by atoms with Crippen molar-refractivity contribution < 1.29 is 9.47 Å². The smallest absolute Gasteiger partial charge is 0.166 e. The molecule has 1 aromatic carbocycles. The van der Waals surface area contributed by atoms with Crippen LogP contribution in [0.3, 0.4) is 0 Å². The number of benzene rings is 1. The molecule has 0 spiro atoms. The second kappa shape index (κ2) is 7.10. The maximum atomic E-state index is 6.28. The minimum absolute atomic E-state index is 0.385. The summed E-state index contributed by atoms with van der Waals surface area (Å²) in [5, 5.41) is 0.705. The predicted molar refractivity (Wildman–Crippen MR) is 115 cm³/mol. The van der Waals surface area contributed by atoms with Crippen molar-refractivity contribution >= 4 is 33.8 Å². The molecule has 0 amide bonds. The number of rotatable bonds is 3. The minimum atomic E-state index is 0.385. The minimum Gasteiger partial charge on any atom is -0.496 e. The van der Waals surface area contributed by atoms with Gasteiger partial charge in [-0.05, 0) is 25.5 Å². The van der Waals surface area contributed by atoms with E-state index in [1.807, 2.05) is 23.6 Å². The average Bonchev–Trinajstić information content (AvgIpc) is 3.09. The topological polar surface area (TPSA) is 104 Å². The number of hydrogen-bond acceptors (Lipinski definition) is 8. The monoisotopic (exact) mass is 405 g/mol. The Hall–Kier alpha value is -3.46. The first-order valence-electron chi connectivity index (χ1n) is 9.85. The summed E-state index contributed by atoms with van der Waals surface area (Å²) in [4.78, 5) is 20.7. The van der Waals surface area contributed by atoms with E-state index in [0.29, 0.717) is 41.2 Å². The van der Waals surface area contributed by atoms with Crippen molar-refractivity contribution in [2.75, 3.05) is 44.0 Å². The third-order valence-corrected chi connectivity index (χ3v) is 5.62. The third kappa shape index (κ3) is 2.73. The van der Waals surface area contributed by atoms with Crippen molar-refractivity contribution in [3.8, 4) is 11.4 Å². The number of fused-ring (bicyclic) bond motifs is 3. The summed E-state index contributed by atoms with van der Waals surface area (Å²) >= 11 is 0. The zero-order valence-electron chi connectivity index (χ0n) is 17.2. The molecule has 9 heteroatoms. The van der Waals surface area contributed by atoms with E-state index in [0.717, 1.165) is 41.5 Å². The van der Waals surface area contributed by atoms with E-state index in [9.17, 15) is 0 Å². The fraction of sp³-hybridized carbons (Fsp3) is 0.333. The van der Waals surface area contributed by atoms with Gasteiger partial charge in [0, 0.05) is 18.7 Å². The molecule has 9 nitrogen and oxygen atoms in total. The molecule has 1 aliphatic heterocycles. The quantitative estimate of drug-likeness (QED) is 0.554.